The van der Waals surface area contributed by atoms with E-state index < -0.39 is 0 Å². The SMILES string of the molecule is CCN(CC)C[C@@H](NC(=O)NCc1ccc(OC)c(OC)c1)c1ccccc1. The molecule has 0 aliphatic heterocycles. The average molecular weight is 386 g/mol. The van der Waals surface area contributed by atoms with Gasteiger partial charge in [-0.25, -0.2) is 4.79 Å². The molecule has 0 fully saturated rings. The van der Waals surface area contributed by atoms with Crippen molar-refractivity contribution >= 4 is 6.03 Å². The van der Waals surface area contributed by atoms with Gasteiger partial charge in [0.15, 0.2) is 11.5 Å². The van der Waals surface area contributed by atoms with E-state index in [9.17, 15) is 4.79 Å². The van der Waals surface area contributed by atoms with Crippen molar-refractivity contribution in [3.05, 3.63) is 59.7 Å². The number of amides is 2. The normalized spacial score (nSPS) is 11.8. The molecule has 2 aromatic rings. The summed E-state index contributed by atoms with van der Waals surface area (Å²) in [4.78, 5) is 14.8. The lowest BCUT2D eigenvalue weighted by atomic mass is 10.1. The van der Waals surface area contributed by atoms with Crippen molar-refractivity contribution in [2.45, 2.75) is 26.4 Å². The first kappa shape index (κ1) is 21.6. The topological polar surface area (TPSA) is 62.8 Å². The molecule has 2 N–H and O–H groups in total. The van der Waals surface area contributed by atoms with Crippen LogP contribution in [0.1, 0.15) is 31.0 Å². The third kappa shape index (κ3) is 6.16. The van der Waals surface area contributed by atoms with Crippen LogP contribution < -0.4 is 20.1 Å². The number of nitrogens with one attached hydrogen (secondary N) is 2. The van der Waals surface area contributed by atoms with E-state index in [1.165, 1.54) is 0 Å². The molecule has 0 aromatic heterocycles. The number of benzene rings is 2. The number of urea groups is 1. The predicted octanol–water partition coefficient (Wildman–Crippen LogP) is 3.59. The summed E-state index contributed by atoms with van der Waals surface area (Å²) in [5, 5.41) is 6.04. The first-order valence-electron chi connectivity index (χ1n) is 9.63. The van der Waals surface area contributed by atoms with Crippen molar-refractivity contribution in [3.63, 3.8) is 0 Å². The Morgan fingerprint density at radius 3 is 2.29 bits per heavy atom. The maximum Gasteiger partial charge on any atom is 0.315 e. The molecule has 0 unspecified atom stereocenters. The van der Waals surface area contributed by atoms with Crippen LogP contribution in [0.15, 0.2) is 48.5 Å². The lowest BCUT2D eigenvalue weighted by molar-refractivity contribution is 0.225. The summed E-state index contributed by atoms with van der Waals surface area (Å²) in [6.07, 6.45) is 0. The van der Waals surface area contributed by atoms with Gasteiger partial charge in [0, 0.05) is 13.1 Å². The molecular formula is C22H31N3O3. The van der Waals surface area contributed by atoms with E-state index in [-0.39, 0.29) is 12.1 Å². The summed E-state index contributed by atoms with van der Waals surface area (Å²) in [7, 11) is 3.20. The fourth-order valence-corrected chi connectivity index (χ4v) is 3.04. The molecule has 0 spiro atoms. The molecule has 0 bridgehead atoms. The highest BCUT2D eigenvalue weighted by Crippen LogP contribution is 2.27. The first-order valence-corrected chi connectivity index (χ1v) is 9.63. The Bertz CT molecular complexity index is 733. The smallest absolute Gasteiger partial charge is 0.315 e. The number of ether oxygens (including phenoxy) is 2. The van der Waals surface area contributed by atoms with E-state index in [1.807, 2.05) is 48.5 Å². The summed E-state index contributed by atoms with van der Waals surface area (Å²) >= 11 is 0. The number of likely N-dealkylation sites (N-methyl/N-ethyl adjacent to an activating group) is 1. The largest absolute Gasteiger partial charge is 0.493 e. The van der Waals surface area contributed by atoms with Crippen LogP contribution in [-0.4, -0.2) is 44.8 Å². The molecule has 2 aromatic carbocycles. The van der Waals surface area contributed by atoms with Crippen LogP contribution in [0.5, 0.6) is 11.5 Å². The second-order valence-electron chi connectivity index (χ2n) is 6.47. The standard InChI is InChI=1S/C22H31N3O3/c1-5-25(6-2)16-19(18-10-8-7-9-11-18)24-22(26)23-15-17-12-13-20(27-3)21(14-17)28-4/h7-14,19H,5-6,15-16H2,1-4H3,(H2,23,24,26)/t19-/m1/s1. The number of hydrogen-bond donors (Lipinski definition) is 2. The second kappa shape index (κ2) is 11.2. The zero-order chi connectivity index (χ0) is 20.4. The molecule has 1 atom stereocenters. The lowest BCUT2D eigenvalue weighted by Gasteiger charge is -2.26. The Hall–Kier alpha value is -2.73. The molecule has 6 nitrogen and oxygen atoms in total. The molecule has 6 heteroatoms. The van der Waals surface area contributed by atoms with Gasteiger partial charge < -0.3 is 25.0 Å². The van der Waals surface area contributed by atoms with Crippen LogP contribution in [0, 0.1) is 0 Å². The van der Waals surface area contributed by atoms with Gasteiger partial charge >= 0.3 is 6.03 Å². The summed E-state index contributed by atoms with van der Waals surface area (Å²) in [6.45, 7) is 7.30. The minimum atomic E-state index is -0.198. The Balaban J connectivity index is 2.01. The third-order valence-corrected chi connectivity index (χ3v) is 4.74. The molecule has 0 heterocycles. The van der Waals surface area contributed by atoms with Gasteiger partial charge in [-0.2, -0.15) is 0 Å². The molecule has 2 rings (SSSR count). The monoisotopic (exact) mass is 385 g/mol. The molecular weight excluding hydrogens is 354 g/mol. The minimum absolute atomic E-state index is 0.0773. The van der Waals surface area contributed by atoms with Crippen molar-refractivity contribution in [2.75, 3.05) is 33.9 Å². The van der Waals surface area contributed by atoms with Crippen LogP contribution in [0.3, 0.4) is 0 Å². The van der Waals surface area contributed by atoms with Crippen molar-refractivity contribution < 1.29 is 14.3 Å². The predicted molar refractivity (Wildman–Crippen MR) is 112 cm³/mol. The van der Waals surface area contributed by atoms with E-state index in [0.717, 1.165) is 30.8 Å². The summed E-state index contributed by atoms with van der Waals surface area (Å²) < 4.78 is 10.6. The Morgan fingerprint density at radius 2 is 1.68 bits per heavy atom. The summed E-state index contributed by atoms with van der Waals surface area (Å²) in [5.41, 5.74) is 2.03. The molecule has 0 aliphatic rings. The van der Waals surface area contributed by atoms with Crippen LogP contribution >= 0.6 is 0 Å². The van der Waals surface area contributed by atoms with Gasteiger partial charge in [0.1, 0.15) is 0 Å². The number of carbonyl (C=O) groups excluding carboxylic acids is 1. The van der Waals surface area contributed by atoms with Gasteiger partial charge in [0.05, 0.1) is 20.3 Å². The minimum Gasteiger partial charge on any atom is -0.493 e. The average Bonchev–Trinajstić information content (AvgIpc) is 2.75. The van der Waals surface area contributed by atoms with E-state index in [1.54, 1.807) is 14.2 Å². The molecule has 28 heavy (non-hydrogen) atoms. The van der Waals surface area contributed by atoms with E-state index in [0.29, 0.717) is 18.0 Å². The lowest BCUT2D eigenvalue weighted by Crippen LogP contribution is -2.42. The van der Waals surface area contributed by atoms with Gasteiger partial charge in [-0.15, -0.1) is 0 Å². The van der Waals surface area contributed by atoms with Gasteiger partial charge in [-0.1, -0.05) is 50.2 Å². The van der Waals surface area contributed by atoms with Gasteiger partial charge in [-0.05, 0) is 36.3 Å². The fraction of sp³-hybridized carbons (Fsp3) is 0.409. The van der Waals surface area contributed by atoms with Crippen LogP contribution in [0.4, 0.5) is 4.79 Å². The van der Waals surface area contributed by atoms with Gasteiger partial charge in [0.25, 0.3) is 0 Å². The molecule has 0 radical (unpaired) electrons. The van der Waals surface area contributed by atoms with Crippen molar-refractivity contribution in [1.82, 2.24) is 15.5 Å². The van der Waals surface area contributed by atoms with Crippen LogP contribution in [0.2, 0.25) is 0 Å². The second-order valence-corrected chi connectivity index (χ2v) is 6.47. The van der Waals surface area contributed by atoms with Crippen molar-refractivity contribution in [1.29, 1.82) is 0 Å². The first-order chi connectivity index (χ1) is 13.6. The van der Waals surface area contributed by atoms with Gasteiger partial charge in [0.2, 0.25) is 0 Å². The molecule has 0 saturated heterocycles. The molecule has 0 saturated carbocycles. The Kier molecular flexibility index (Phi) is 8.62. The van der Waals surface area contributed by atoms with E-state index in [4.69, 9.17) is 9.47 Å². The van der Waals surface area contributed by atoms with Crippen LogP contribution in [0.25, 0.3) is 0 Å². The summed E-state index contributed by atoms with van der Waals surface area (Å²) in [5.74, 6) is 1.31. The van der Waals surface area contributed by atoms with Gasteiger partial charge in [-0.3, -0.25) is 0 Å². The van der Waals surface area contributed by atoms with E-state index >= 15 is 0 Å². The van der Waals surface area contributed by atoms with Crippen molar-refractivity contribution in [2.24, 2.45) is 0 Å². The number of rotatable bonds is 10. The maximum atomic E-state index is 12.5. The number of hydrogen-bond acceptors (Lipinski definition) is 4. The quantitative estimate of drug-likeness (QED) is 0.656. The zero-order valence-corrected chi connectivity index (χ0v) is 17.2. The molecule has 152 valence electrons. The van der Waals surface area contributed by atoms with E-state index in [2.05, 4.69) is 29.4 Å². The summed E-state index contributed by atoms with van der Waals surface area (Å²) in [6, 6.07) is 15.4. The molecule has 2 amide bonds. The highest BCUT2D eigenvalue weighted by Gasteiger charge is 2.17. The Labute approximate surface area is 167 Å². The highest BCUT2D eigenvalue weighted by atomic mass is 16.5. The maximum absolute atomic E-state index is 12.5. The van der Waals surface area contributed by atoms with Crippen LogP contribution in [-0.2, 0) is 6.54 Å². The number of methoxy groups -OCH3 is 2. The number of nitrogens with zero attached hydrogens (tertiary/aromatic N) is 1. The highest BCUT2D eigenvalue weighted by molar-refractivity contribution is 5.74. The van der Waals surface area contributed by atoms with Crippen molar-refractivity contribution in [3.8, 4) is 11.5 Å². The third-order valence-electron chi connectivity index (χ3n) is 4.74. The number of carbonyl (C=O) groups is 1. The zero-order valence-electron chi connectivity index (χ0n) is 17.2. The Morgan fingerprint density at radius 1 is 1.00 bits per heavy atom. The molecule has 0 aliphatic carbocycles. The fourth-order valence-electron chi connectivity index (χ4n) is 3.04.